The molecule has 3 nitrogen and oxygen atoms in total. The predicted octanol–water partition coefficient (Wildman–Crippen LogP) is 2.28. The Kier molecular flexibility index (Phi) is 5.96. The first-order valence-electron chi connectivity index (χ1n) is 5.06. The molecule has 0 heterocycles. The van der Waals surface area contributed by atoms with Crippen molar-refractivity contribution in [1.82, 2.24) is 0 Å². The van der Waals surface area contributed by atoms with Crippen molar-refractivity contribution in [2.75, 3.05) is 26.1 Å². The Morgan fingerprint density at radius 2 is 1.94 bits per heavy atom. The van der Waals surface area contributed by atoms with Gasteiger partial charge in [0.15, 0.2) is 0 Å². The summed E-state index contributed by atoms with van der Waals surface area (Å²) in [6, 6.07) is 8.06. The smallest absolute Gasteiger partial charge is 0.316 e. The lowest BCUT2D eigenvalue weighted by molar-refractivity contribution is -0.141. The van der Waals surface area contributed by atoms with Crippen molar-refractivity contribution in [1.29, 1.82) is 0 Å². The third-order valence-electron chi connectivity index (χ3n) is 1.93. The van der Waals surface area contributed by atoms with E-state index in [1.165, 1.54) is 17.3 Å². The number of esters is 1. The number of carbonyl (C=O) groups excluding carboxylic acids is 1. The molecule has 4 heteroatoms. The lowest BCUT2D eigenvalue weighted by Gasteiger charge is -2.04. The second kappa shape index (κ2) is 7.30. The van der Waals surface area contributed by atoms with Crippen LogP contribution < -0.4 is 0 Å². The molecule has 0 saturated carbocycles. The second-order valence-electron chi connectivity index (χ2n) is 3.31. The highest BCUT2D eigenvalue weighted by Crippen LogP contribution is 2.18. The van der Waals surface area contributed by atoms with E-state index in [4.69, 9.17) is 9.47 Å². The summed E-state index contributed by atoms with van der Waals surface area (Å²) in [4.78, 5) is 12.3. The minimum absolute atomic E-state index is 0.206. The highest BCUT2D eigenvalue weighted by molar-refractivity contribution is 8.00. The first-order chi connectivity index (χ1) is 7.72. The molecule has 0 fully saturated rings. The van der Waals surface area contributed by atoms with Gasteiger partial charge in [-0.15, -0.1) is 11.8 Å². The molecule has 0 spiro atoms. The van der Waals surface area contributed by atoms with Gasteiger partial charge in [0.25, 0.3) is 0 Å². The van der Waals surface area contributed by atoms with Crippen molar-refractivity contribution in [2.24, 2.45) is 0 Å². The topological polar surface area (TPSA) is 35.5 Å². The zero-order chi connectivity index (χ0) is 11.8. The van der Waals surface area contributed by atoms with Gasteiger partial charge in [-0.05, 0) is 19.1 Å². The summed E-state index contributed by atoms with van der Waals surface area (Å²) < 4.78 is 9.73. The zero-order valence-electron chi connectivity index (χ0n) is 9.56. The van der Waals surface area contributed by atoms with E-state index in [1.807, 2.05) is 31.2 Å². The van der Waals surface area contributed by atoms with Crippen molar-refractivity contribution >= 4 is 17.7 Å². The largest absolute Gasteiger partial charge is 0.463 e. The molecule has 0 amide bonds. The van der Waals surface area contributed by atoms with Crippen LogP contribution in [0.3, 0.4) is 0 Å². The Hall–Kier alpha value is -1.00. The van der Waals surface area contributed by atoms with Crippen LogP contribution in [0.25, 0.3) is 0 Å². The fraction of sp³-hybridized carbons (Fsp3) is 0.417. The van der Waals surface area contributed by atoms with E-state index in [-0.39, 0.29) is 5.97 Å². The highest BCUT2D eigenvalue weighted by atomic mass is 32.2. The number of methoxy groups -OCH3 is 1. The maximum atomic E-state index is 11.3. The Bertz CT molecular complexity index is 322. The van der Waals surface area contributed by atoms with Gasteiger partial charge in [0.2, 0.25) is 0 Å². The Morgan fingerprint density at radius 3 is 2.56 bits per heavy atom. The predicted molar refractivity (Wildman–Crippen MR) is 64.7 cm³/mol. The van der Waals surface area contributed by atoms with Crippen LogP contribution in [-0.2, 0) is 14.3 Å². The van der Waals surface area contributed by atoms with Crippen molar-refractivity contribution in [3.63, 3.8) is 0 Å². The summed E-state index contributed by atoms with van der Waals surface area (Å²) in [7, 11) is 1.58. The van der Waals surface area contributed by atoms with E-state index in [9.17, 15) is 4.79 Å². The molecule has 1 aromatic carbocycles. The number of rotatable bonds is 6. The van der Waals surface area contributed by atoms with Crippen LogP contribution in [0.4, 0.5) is 0 Å². The second-order valence-corrected chi connectivity index (χ2v) is 4.36. The minimum Gasteiger partial charge on any atom is -0.463 e. The average Bonchev–Trinajstić information content (AvgIpc) is 2.29. The summed E-state index contributed by atoms with van der Waals surface area (Å²) >= 11 is 1.48. The molecular weight excluding hydrogens is 224 g/mol. The van der Waals surface area contributed by atoms with E-state index in [2.05, 4.69) is 0 Å². The first-order valence-corrected chi connectivity index (χ1v) is 6.05. The van der Waals surface area contributed by atoms with Crippen LogP contribution in [0.5, 0.6) is 0 Å². The van der Waals surface area contributed by atoms with Crippen LogP contribution >= 0.6 is 11.8 Å². The molecule has 0 aromatic heterocycles. The molecule has 0 atom stereocenters. The normalized spacial score (nSPS) is 10.1. The van der Waals surface area contributed by atoms with Crippen LogP contribution in [0.2, 0.25) is 0 Å². The molecule has 0 aliphatic rings. The third kappa shape index (κ3) is 5.19. The van der Waals surface area contributed by atoms with Gasteiger partial charge >= 0.3 is 5.97 Å². The first kappa shape index (κ1) is 13.1. The molecule has 1 aromatic rings. The van der Waals surface area contributed by atoms with Gasteiger partial charge in [-0.3, -0.25) is 4.79 Å². The summed E-state index contributed by atoms with van der Waals surface area (Å²) in [6.07, 6.45) is 0. The Balaban J connectivity index is 2.23. The monoisotopic (exact) mass is 240 g/mol. The fourth-order valence-electron chi connectivity index (χ4n) is 1.06. The van der Waals surface area contributed by atoms with Gasteiger partial charge in [-0.1, -0.05) is 17.7 Å². The lowest BCUT2D eigenvalue weighted by Crippen LogP contribution is -2.11. The van der Waals surface area contributed by atoms with Gasteiger partial charge in [0.05, 0.1) is 12.4 Å². The van der Waals surface area contributed by atoms with Crippen LogP contribution in [0.1, 0.15) is 5.56 Å². The standard InChI is InChI=1S/C12H16O3S/c1-10-3-5-11(6-4-10)16-9-12(13)15-8-7-14-2/h3-6H,7-9H2,1-2H3. The van der Waals surface area contributed by atoms with Gasteiger partial charge in [0.1, 0.15) is 6.61 Å². The summed E-state index contributed by atoms with van der Waals surface area (Å²) in [5, 5.41) is 0. The number of thioether (sulfide) groups is 1. The number of aryl methyl sites for hydroxylation is 1. The zero-order valence-corrected chi connectivity index (χ0v) is 10.4. The molecule has 1 rings (SSSR count). The Morgan fingerprint density at radius 1 is 1.25 bits per heavy atom. The SMILES string of the molecule is COCCOC(=O)CSc1ccc(C)cc1. The van der Waals surface area contributed by atoms with Crippen LogP contribution in [0, 0.1) is 6.92 Å². The van der Waals surface area contributed by atoms with Crippen molar-refractivity contribution in [3.05, 3.63) is 29.8 Å². The number of carbonyl (C=O) groups is 1. The quantitative estimate of drug-likeness (QED) is 0.434. The molecular formula is C12H16O3S. The summed E-state index contributed by atoms with van der Waals surface area (Å²) in [6.45, 7) is 2.80. The number of ether oxygens (including phenoxy) is 2. The maximum Gasteiger partial charge on any atom is 0.316 e. The Labute approximate surface area is 100 Å². The van der Waals surface area contributed by atoms with Crippen molar-refractivity contribution in [2.45, 2.75) is 11.8 Å². The van der Waals surface area contributed by atoms with E-state index >= 15 is 0 Å². The molecule has 0 aliphatic heterocycles. The van der Waals surface area contributed by atoms with Gasteiger partial charge in [-0.2, -0.15) is 0 Å². The molecule has 0 bridgehead atoms. The highest BCUT2D eigenvalue weighted by Gasteiger charge is 2.03. The minimum atomic E-state index is -0.206. The number of hydrogen-bond donors (Lipinski definition) is 0. The maximum absolute atomic E-state index is 11.3. The fourth-order valence-corrected chi connectivity index (χ4v) is 1.75. The summed E-state index contributed by atoms with van der Waals surface area (Å²) in [5.74, 6) is 0.134. The lowest BCUT2D eigenvalue weighted by atomic mass is 10.2. The number of hydrogen-bond acceptors (Lipinski definition) is 4. The molecule has 0 aliphatic carbocycles. The van der Waals surface area contributed by atoms with Gasteiger partial charge in [-0.25, -0.2) is 0 Å². The number of benzene rings is 1. The van der Waals surface area contributed by atoms with Crippen LogP contribution in [0.15, 0.2) is 29.2 Å². The molecule has 88 valence electrons. The van der Waals surface area contributed by atoms with E-state index in [0.29, 0.717) is 19.0 Å². The van der Waals surface area contributed by atoms with Gasteiger partial charge in [0, 0.05) is 12.0 Å². The van der Waals surface area contributed by atoms with Crippen molar-refractivity contribution < 1.29 is 14.3 Å². The van der Waals surface area contributed by atoms with E-state index in [0.717, 1.165) is 4.90 Å². The average molecular weight is 240 g/mol. The third-order valence-corrected chi connectivity index (χ3v) is 2.91. The molecule has 0 radical (unpaired) electrons. The summed E-state index contributed by atoms with van der Waals surface area (Å²) in [5.41, 5.74) is 1.21. The van der Waals surface area contributed by atoms with E-state index < -0.39 is 0 Å². The van der Waals surface area contributed by atoms with Crippen molar-refractivity contribution in [3.8, 4) is 0 Å². The molecule has 0 saturated heterocycles. The van der Waals surface area contributed by atoms with Crippen LogP contribution in [-0.4, -0.2) is 32.0 Å². The molecule has 16 heavy (non-hydrogen) atoms. The molecule has 0 N–H and O–H groups in total. The van der Waals surface area contributed by atoms with E-state index in [1.54, 1.807) is 7.11 Å². The molecule has 0 unspecified atom stereocenters. The van der Waals surface area contributed by atoms with Gasteiger partial charge < -0.3 is 9.47 Å².